The van der Waals surface area contributed by atoms with E-state index in [-0.39, 0.29) is 0 Å². The molecule has 0 fully saturated rings. The maximum Gasteiger partial charge on any atom is 0.318 e. The van der Waals surface area contributed by atoms with Crippen LogP contribution in [0, 0.1) is 0 Å². The summed E-state index contributed by atoms with van der Waals surface area (Å²) in [6, 6.07) is 1.00. The Bertz CT molecular complexity index is 339. The first kappa shape index (κ1) is 15.9. The highest BCUT2D eigenvalue weighted by atomic mass is 16.5. The second kappa shape index (κ2) is 8.87. The lowest BCUT2D eigenvalue weighted by molar-refractivity contribution is 0.200. The zero-order valence-corrected chi connectivity index (χ0v) is 12.5. The van der Waals surface area contributed by atoms with Gasteiger partial charge in [0.05, 0.1) is 13.2 Å². The summed E-state index contributed by atoms with van der Waals surface area (Å²) in [6.07, 6.45) is 2.09. The molecule has 0 radical (unpaired) electrons. The van der Waals surface area contributed by atoms with Gasteiger partial charge in [-0.3, -0.25) is 0 Å². The van der Waals surface area contributed by atoms with E-state index >= 15 is 0 Å². The maximum atomic E-state index is 5.72. The predicted molar refractivity (Wildman–Crippen MR) is 75.3 cm³/mol. The van der Waals surface area contributed by atoms with Gasteiger partial charge in [-0.15, -0.1) is 5.10 Å². The Hall–Kier alpha value is -1.14. The molecule has 0 aliphatic carbocycles. The molecular weight excluding hydrogens is 244 g/mol. The van der Waals surface area contributed by atoms with E-state index in [1.54, 1.807) is 7.11 Å². The highest BCUT2D eigenvalue weighted by molar-refractivity contribution is 5.26. The van der Waals surface area contributed by atoms with Crippen LogP contribution in [0.3, 0.4) is 0 Å². The van der Waals surface area contributed by atoms with Crippen LogP contribution in [0.25, 0.3) is 0 Å². The van der Waals surface area contributed by atoms with Gasteiger partial charge in [-0.05, 0) is 19.4 Å². The van der Waals surface area contributed by atoms with E-state index in [0.717, 1.165) is 25.9 Å². The first-order valence-corrected chi connectivity index (χ1v) is 7.05. The standard InChI is InChI=1S/C13H26N4O2/c1-5-11(6-2)17(8-9-18-4)13-16-15-12(19-13)10-14-7-3/h11,14H,5-10H2,1-4H3. The van der Waals surface area contributed by atoms with Gasteiger partial charge in [0.2, 0.25) is 5.89 Å². The number of aromatic nitrogens is 2. The molecule has 19 heavy (non-hydrogen) atoms. The first-order valence-electron chi connectivity index (χ1n) is 7.05. The van der Waals surface area contributed by atoms with Crippen molar-refractivity contribution in [3.05, 3.63) is 5.89 Å². The molecule has 1 rings (SSSR count). The van der Waals surface area contributed by atoms with Gasteiger partial charge in [0.1, 0.15) is 0 Å². The number of anilines is 1. The molecule has 0 bridgehead atoms. The molecule has 0 amide bonds. The Balaban J connectivity index is 2.74. The number of nitrogens with one attached hydrogen (secondary N) is 1. The van der Waals surface area contributed by atoms with Crippen LogP contribution in [0.4, 0.5) is 6.01 Å². The van der Waals surface area contributed by atoms with Crippen LogP contribution in [0.5, 0.6) is 0 Å². The zero-order chi connectivity index (χ0) is 14.1. The van der Waals surface area contributed by atoms with Gasteiger partial charge in [0.25, 0.3) is 0 Å². The molecule has 0 saturated heterocycles. The number of hydrogen-bond donors (Lipinski definition) is 1. The predicted octanol–water partition coefficient (Wildman–Crippen LogP) is 1.82. The smallest absolute Gasteiger partial charge is 0.318 e. The average Bonchev–Trinajstić information content (AvgIpc) is 2.89. The van der Waals surface area contributed by atoms with E-state index in [4.69, 9.17) is 9.15 Å². The summed E-state index contributed by atoms with van der Waals surface area (Å²) >= 11 is 0. The monoisotopic (exact) mass is 270 g/mol. The molecule has 0 saturated carbocycles. The molecule has 0 atom stereocenters. The highest BCUT2D eigenvalue weighted by Crippen LogP contribution is 2.18. The van der Waals surface area contributed by atoms with Crippen molar-refractivity contribution in [3.8, 4) is 0 Å². The van der Waals surface area contributed by atoms with Crippen LogP contribution >= 0.6 is 0 Å². The molecule has 0 spiro atoms. The van der Waals surface area contributed by atoms with E-state index < -0.39 is 0 Å². The molecule has 0 aliphatic heterocycles. The summed E-state index contributed by atoms with van der Waals surface area (Å²) in [4.78, 5) is 2.14. The van der Waals surface area contributed by atoms with Crippen molar-refractivity contribution in [2.24, 2.45) is 0 Å². The molecule has 1 N–H and O–H groups in total. The molecule has 1 heterocycles. The fourth-order valence-corrected chi connectivity index (χ4v) is 2.02. The van der Waals surface area contributed by atoms with Crippen LogP contribution in [-0.2, 0) is 11.3 Å². The van der Waals surface area contributed by atoms with Crippen LogP contribution in [0.15, 0.2) is 4.42 Å². The Morgan fingerprint density at radius 1 is 1.26 bits per heavy atom. The van der Waals surface area contributed by atoms with Crippen molar-refractivity contribution in [2.45, 2.75) is 46.2 Å². The average molecular weight is 270 g/mol. The minimum Gasteiger partial charge on any atom is -0.407 e. The van der Waals surface area contributed by atoms with Gasteiger partial charge in [0, 0.05) is 19.7 Å². The van der Waals surface area contributed by atoms with Crippen molar-refractivity contribution in [3.63, 3.8) is 0 Å². The van der Waals surface area contributed by atoms with E-state index in [1.807, 2.05) is 6.92 Å². The molecule has 6 heteroatoms. The minimum atomic E-state index is 0.405. The van der Waals surface area contributed by atoms with E-state index in [0.29, 0.717) is 31.1 Å². The lowest BCUT2D eigenvalue weighted by Gasteiger charge is -2.28. The first-order chi connectivity index (χ1) is 9.26. The number of ether oxygens (including phenoxy) is 1. The fraction of sp³-hybridized carbons (Fsp3) is 0.846. The normalized spacial score (nSPS) is 11.2. The van der Waals surface area contributed by atoms with Gasteiger partial charge in [-0.25, -0.2) is 0 Å². The van der Waals surface area contributed by atoms with E-state index in [2.05, 4.69) is 34.3 Å². The molecule has 110 valence electrons. The van der Waals surface area contributed by atoms with Gasteiger partial charge in [-0.1, -0.05) is 25.9 Å². The Labute approximate surface area is 115 Å². The molecule has 1 aromatic rings. The summed E-state index contributed by atoms with van der Waals surface area (Å²) < 4.78 is 10.9. The molecule has 0 aromatic carbocycles. The largest absolute Gasteiger partial charge is 0.407 e. The second-order valence-electron chi connectivity index (χ2n) is 4.42. The van der Waals surface area contributed by atoms with Crippen LogP contribution in [-0.4, -0.2) is 43.0 Å². The number of rotatable bonds is 10. The fourth-order valence-electron chi connectivity index (χ4n) is 2.02. The van der Waals surface area contributed by atoms with Crippen molar-refractivity contribution in [1.29, 1.82) is 0 Å². The van der Waals surface area contributed by atoms with Gasteiger partial charge in [0.15, 0.2) is 0 Å². The lowest BCUT2D eigenvalue weighted by Crippen LogP contribution is -2.37. The third-order valence-electron chi connectivity index (χ3n) is 3.15. The molecular formula is C13H26N4O2. The van der Waals surface area contributed by atoms with Crippen LogP contribution in [0.1, 0.15) is 39.5 Å². The van der Waals surface area contributed by atoms with Crippen LogP contribution < -0.4 is 10.2 Å². The third kappa shape index (κ3) is 4.80. The molecule has 6 nitrogen and oxygen atoms in total. The molecule has 0 unspecified atom stereocenters. The van der Waals surface area contributed by atoms with Gasteiger partial charge in [-0.2, -0.15) is 0 Å². The van der Waals surface area contributed by atoms with E-state index in [1.165, 1.54) is 0 Å². The lowest BCUT2D eigenvalue weighted by atomic mass is 10.1. The quantitative estimate of drug-likeness (QED) is 0.699. The summed E-state index contributed by atoms with van der Waals surface area (Å²) in [5, 5.41) is 11.4. The number of hydrogen-bond acceptors (Lipinski definition) is 6. The summed E-state index contributed by atoms with van der Waals surface area (Å²) in [5.74, 6) is 0.630. The van der Waals surface area contributed by atoms with Crippen molar-refractivity contribution in [1.82, 2.24) is 15.5 Å². The molecule has 0 aliphatic rings. The summed E-state index contributed by atoms with van der Waals surface area (Å²) in [7, 11) is 1.70. The van der Waals surface area contributed by atoms with E-state index in [9.17, 15) is 0 Å². The molecule has 1 aromatic heterocycles. The van der Waals surface area contributed by atoms with Crippen molar-refractivity contribution >= 4 is 6.01 Å². The van der Waals surface area contributed by atoms with Crippen molar-refractivity contribution in [2.75, 3.05) is 31.7 Å². The SMILES string of the molecule is CCNCc1nnc(N(CCOC)C(CC)CC)o1. The summed E-state index contributed by atoms with van der Waals surface area (Å²) in [5.41, 5.74) is 0. The zero-order valence-electron chi connectivity index (χ0n) is 12.5. The Morgan fingerprint density at radius 3 is 2.58 bits per heavy atom. The minimum absolute atomic E-state index is 0.405. The Kier molecular flexibility index (Phi) is 7.43. The van der Waals surface area contributed by atoms with Gasteiger partial charge < -0.3 is 19.4 Å². The Morgan fingerprint density at radius 2 is 2.00 bits per heavy atom. The second-order valence-corrected chi connectivity index (χ2v) is 4.42. The third-order valence-corrected chi connectivity index (χ3v) is 3.15. The topological polar surface area (TPSA) is 63.4 Å². The summed E-state index contributed by atoms with van der Waals surface area (Å²) in [6.45, 7) is 9.31. The highest BCUT2D eigenvalue weighted by Gasteiger charge is 2.20. The van der Waals surface area contributed by atoms with Gasteiger partial charge >= 0.3 is 6.01 Å². The van der Waals surface area contributed by atoms with Crippen LogP contribution in [0.2, 0.25) is 0 Å². The number of methoxy groups -OCH3 is 1. The van der Waals surface area contributed by atoms with Crippen molar-refractivity contribution < 1.29 is 9.15 Å². The number of nitrogens with zero attached hydrogens (tertiary/aromatic N) is 3. The maximum absolute atomic E-state index is 5.72.